The minimum Gasteiger partial charge on any atom is -0.508 e. The number of amides is 3. The Hall–Kier alpha value is -3.32. The summed E-state index contributed by atoms with van der Waals surface area (Å²) in [4.78, 5) is 39.6. The van der Waals surface area contributed by atoms with Crippen LogP contribution in [0.25, 0.3) is 0 Å². The molecule has 0 aromatic heterocycles. The Kier molecular flexibility index (Phi) is 10.6. The number of carbonyl (C=O) groups excluding carboxylic acids is 3. The minimum absolute atomic E-state index is 0.0322. The van der Waals surface area contributed by atoms with Gasteiger partial charge in [0.2, 0.25) is 11.8 Å². The van der Waals surface area contributed by atoms with Crippen molar-refractivity contribution in [2.75, 3.05) is 13.2 Å². The fourth-order valence-corrected chi connectivity index (χ4v) is 3.16. The van der Waals surface area contributed by atoms with E-state index in [0.717, 1.165) is 11.3 Å². The molecule has 3 unspecified atom stereocenters. The highest BCUT2D eigenvalue weighted by molar-refractivity contribution is 5.92. The summed E-state index contributed by atoms with van der Waals surface area (Å²) in [5, 5.41) is 33.9. The lowest BCUT2D eigenvalue weighted by Gasteiger charge is -2.33. The van der Waals surface area contributed by atoms with Crippen LogP contribution in [0.15, 0.2) is 24.3 Å². The lowest BCUT2D eigenvalue weighted by molar-refractivity contribution is -0.142. The molecule has 33 heavy (non-hydrogen) atoms. The Morgan fingerprint density at radius 3 is 2.27 bits per heavy atom. The number of hydrogen-bond donors (Lipinski definition) is 4. The summed E-state index contributed by atoms with van der Waals surface area (Å²) in [5.74, 6) is -1.39. The molecule has 3 atom stereocenters. The topological polar surface area (TPSA) is 152 Å². The van der Waals surface area contributed by atoms with Gasteiger partial charge in [0, 0.05) is 6.04 Å². The number of benzene rings is 1. The molecule has 1 aromatic rings. The van der Waals surface area contributed by atoms with Gasteiger partial charge in [-0.3, -0.25) is 9.59 Å². The third-order valence-corrected chi connectivity index (χ3v) is 4.57. The van der Waals surface area contributed by atoms with Crippen LogP contribution in [0.2, 0.25) is 0 Å². The highest BCUT2D eigenvalue weighted by Gasteiger charge is 2.36. The number of phenols is 1. The zero-order valence-electron chi connectivity index (χ0n) is 19.8. The predicted molar refractivity (Wildman–Crippen MR) is 121 cm³/mol. The van der Waals surface area contributed by atoms with Crippen LogP contribution in [0.4, 0.5) is 4.79 Å². The van der Waals surface area contributed by atoms with Crippen LogP contribution in [0.3, 0.4) is 0 Å². The molecule has 0 heterocycles. The largest absolute Gasteiger partial charge is 0.508 e. The maximum absolute atomic E-state index is 13.3. The maximum atomic E-state index is 13.3. The normalized spacial score (nSPS) is 13.7. The highest BCUT2D eigenvalue weighted by Crippen LogP contribution is 2.24. The molecule has 10 heteroatoms. The van der Waals surface area contributed by atoms with E-state index >= 15 is 0 Å². The number of nitriles is 1. The van der Waals surface area contributed by atoms with Crippen molar-refractivity contribution in [3.8, 4) is 11.8 Å². The van der Waals surface area contributed by atoms with Crippen LogP contribution in [0.5, 0.6) is 5.75 Å². The van der Waals surface area contributed by atoms with E-state index in [2.05, 4.69) is 10.6 Å². The molecule has 0 aliphatic rings. The zero-order chi connectivity index (χ0) is 25.2. The fourth-order valence-electron chi connectivity index (χ4n) is 3.16. The Bertz CT molecular complexity index is 844. The maximum Gasteiger partial charge on any atom is 0.408 e. The second kappa shape index (κ2) is 12.6. The van der Waals surface area contributed by atoms with Crippen molar-refractivity contribution in [3.63, 3.8) is 0 Å². The Labute approximate surface area is 194 Å². The molecular weight excluding hydrogens is 428 g/mol. The monoisotopic (exact) mass is 462 g/mol. The molecule has 0 radical (unpaired) electrons. The molecule has 1 aromatic carbocycles. The molecule has 4 N–H and O–H groups in total. The number of carbonyl (C=O) groups is 3. The summed E-state index contributed by atoms with van der Waals surface area (Å²) in [6, 6.07) is 4.68. The van der Waals surface area contributed by atoms with E-state index in [1.165, 1.54) is 24.3 Å². The number of nitrogens with zero attached hydrogens (tertiary/aromatic N) is 2. The first kappa shape index (κ1) is 27.7. The van der Waals surface area contributed by atoms with Gasteiger partial charge in [-0.2, -0.15) is 5.26 Å². The molecule has 182 valence electrons. The van der Waals surface area contributed by atoms with Gasteiger partial charge in [0.1, 0.15) is 30.0 Å². The molecule has 0 saturated carbocycles. The number of nitrogens with one attached hydrogen (secondary N) is 2. The van der Waals surface area contributed by atoms with Crippen LogP contribution >= 0.6 is 0 Å². The second-order valence-corrected chi connectivity index (χ2v) is 8.70. The van der Waals surface area contributed by atoms with Crippen molar-refractivity contribution in [1.82, 2.24) is 15.5 Å². The van der Waals surface area contributed by atoms with Crippen molar-refractivity contribution >= 4 is 17.9 Å². The van der Waals surface area contributed by atoms with Crippen molar-refractivity contribution in [2.24, 2.45) is 0 Å². The van der Waals surface area contributed by atoms with Gasteiger partial charge < -0.3 is 30.5 Å². The molecule has 0 bridgehead atoms. The van der Waals surface area contributed by atoms with Crippen LogP contribution in [0, 0.1) is 11.3 Å². The zero-order valence-corrected chi connectivity index (χ0v) is 19.8. The van der Waals surface area contributed by atoms with E-state index in [9.17, 15) is 29.9 Å². The van der Waals surface area contributed by atoms with E-state index in [0.29, 0.717) is 12.0 Å². The molecule has 3 amide bonds. The third kappa shape index (κ3) is 8.98. The average molecular weight is 463 g/mol. The minimum atomic E-state index is -1.44. The summed E-state index contributed by atoms with van der Waals surface area (Å²) in [7, 11) is 0. The van der Waals surface area contributed by atoms with Crippen LogP contribution in [-0.4, -0.2) is 63.9 Å². The summed E-state index contributed by atoms with van der Waals surface area (Å²) >= 11 is 0. The van der Waals surface area contributed by atoms with Crippen molar-refractivity contribution in [3.05, 3.63) is 29.8 Å². The number of alkyl carbamates (subject to hydrolysis) is 1. The summed E-state index contributed by atoms with van der Waals surface area (Å²) in [6.45, 7) is 7.49. The van der Waals surface area contributed by atoms with E-state index in [4.69, 9.17) is 4.74 Å². The van der Waals surface area contributed by atoms with Gasteiger partial charge in [0.05, 0.1) is 12.7 Å². The summed E-state index contributed by atoms with van der Waals surface area (Å²) < 4.78 is 5.14. The smallest absolute Gasteiger partial charge is 0.408 e. The Balaban J connectivity index is 3.31. The molecule has 0 aliphatic heterocycles. The first-order valence-corrected chi connectivity index (χ1v) is 10.8. The number of aliphatic hydroxyl groups is 1. The predicted octanol–water partition coefficient (Wildman–Crippen LogP) is 1.98. The second-order valence-electron chi connectivity index (χ2n) is 8.70. The standard InChI is InChI=1S/C23H34N4O6/c1-6-7-15(2)25-20(30)19(16-8-10-17(29)11-9-16)27(13-12-24)21(31)18(14-28)26-22(32)33-23(3,4)5/h8-11,15,18-19,28-29H,6-7,13-14H2,1-5H3,(H,25,30)(H,26,32). The SMILES string of the molecule is CCCC(C)NC(=O)C(c1ccc(O)cc1)N(CC#N)C(=O)C(CO)NC(=O)OC(C)(C)C. The number of ether oxygens (including phenoxy) is 1. The first-order chi connectivity index (χ1) is 15.4. The van der Waals surface area contributed by atoms with E-state index in [1.54, 1.807) is 20.8 Å². The third-order valence-electron chi connectivity index (χ3n) is 4.57. The number of phenolic OH excluding ortho intramolecular Hbond substituents is 1. The molecule has 0 aliphatic carbocycles. The lowest BCUT2D eigenvalue weighted by atomic mass is 10.0. The van der Waals surface area contributed by atoms with Gasteiger partial charge in [-0.25, -0.2) is 4.79 Å². The molecule has 0 saturated heterocycles. The van der Waals surface area contributed by atoms with Crippen LogP contribution < -0.4 is 10.6 Å². The lowest BCUT2D eigenvalue weighted by Crippen LogP contribution is -2.55. The number of hydrogen-bond acceptors (Lipinski definition) is 7. The highest BCUT2D eigenvalue weighted by atomic mass is 16.6. The average Bonchev–Trinajstić information content (AvgIpc) is 2.71. The van der Waals surface area contributed by atoms with Gasteiger partial charge in [-0.15, -0.1) is 0 Å². The number of rotatable bonds is 10. The van der Waals surface area contributed by atoms with Gasteiger partial charge in [-0.1, -0.05) is 25.5 Å². The number of aliphatic hydroxyl groups excluding tert-OH is 1. The summed E-state index contributed by atoms with van der Waals surface area (Å²) in [5.41, 5.74) is -0.477. The van der Waals surface area contributed by atoms with Crippen molar-refractivity contribution in [1.29, 1.82) is 5.26 Å². The molecule has 0 fully saturated rings. The van der Waals surface area contributed by atoms with Crippen LogP contribution in [-0.2, 0) is 14.3 Å². The molecule has 0 spiro atoms. The van der Waals surface area contributed by atoms with E-state index in [1.807, 2.05) is 19.9 Å². The first-order valence-electron chi connectivity index (χ1n) is 10.8. The van der Waals surface area contributed by atoms with Crippen LogP contribution in [0.1, 0.15) is 59.1 Å². The quantitative estimate of drug-likeness (QED) is 0.388. The van der Waals surface area contributed by atoms with Crippen molar-refractivity contribution < 1.29 is 29.3 Å². The Morgan fingerprint density at radius 1 is 1.18 bits per heavy atom. The molecular formula is C23H34N4O6. The van der Waals surface area contributed by atoms with Gasteiger partial charge >= 0.3 is 6.09 Å². The van der Waals surface area contributed by atoms with Gasteiger partial charge in [-0.05, 0) is 51.8 Å². The van der Waals surface area contributed by atoms with Gasteiger partial charge in [0.25, 0.3) is 0 Å². The van der Waals surface area contributed by atoms with Crippen molar-refractivity contribution in [2.45, 2.75) is 71.2 Å². The number of aromatic hydroxyl groups is 1. The fraction of sp³-hybridized carbons (Fsp3) is 0.565. The molecule has 1 rings (SSSR count). The van der Waals surface area contributed by atoms with E-state index < -0.39 is 48.7 Å². The summed E-state index contributed by atoms with van der Waals surface area (Å²) in [6.07, 6.45) is 0.618. The van der Waals surface area contributed by atoms with Gasteiger partial charge in [0.15, 0.2) is 0 Å². The van der Waals surface area contributed by atoms with E-state index in [-0.39, 0.29) is 11.8 Å². The molecule has 10 nitrogen and oxygen atoms in total. The Morgan fingerprint density at radius 2 is 1.79 bits per heavy atom.